The molecule has 0 aromatic carbocycles. The van der Waals surface area contributed by atoms with Crippen LogP contribution < -0.4 is 0 Å². The van der Waals surface area contributed by atoms with E-state index in [4.69, 9.17) is 8.85 Å². The molecule has 1 rings (SSSR count). The highest BCUT2D eigenvalue weighted by molar-refractivity contribution is 6.46. The van der Waals surface area contributed by atoms with E-state index in [1.54, 1.807) is 14.2 Å². The lowest BCUT2D eigenvalue weighted by Gasteiger charge is -2.37. The van der Waals surface area contributed by atoms with Gasteiger partial charge in [-0.05, 0) is 12.3 Å². The Bertz CT molecular complexity index is 113. The minimum atomic E-state index is -0.925. The SMILES string of the molecule is CCC1CCC1[Si](OC)OC. The molecule has 0 saturated heterocycles. The Morgan fingerprint density at radius 2 is 1.91 bits per heavy atom. The molecule has 0 amide bonds. The summed E-state index contributed by atoms with van der Waals surface area (Å²) < 4.78 is 10.6. The summed E-state index contributed by atoms with van der Waals surface area (Å²) in [6.07, 6.45) is 3.97. The van der Waals surface area contributed by atoms with Crippen LogP contribution in [-0.4, -0.2) is 23.5 Å². The zero-order valence-corrected chi connectivity index (χ0v) is 8.59. The molecule has 0 bridgehead atoms. The second kappa shape index (κ2) is 4.23. The van der Waals surface area contributed by atoms with E-state index in [0.717, 1.165) is 11.5 Å². The Hall–Kier alpha value is 0.137. The summed E-state index contributed by atoms with van der Waals surface area (Å²) in [5, 5.41) is 0. The maximum Gasteiger partial charge on any atom is 0.387 e. The van der Waals surface area contributed by atoms with Gasteiger partial charge in [-0.3, -0.25) is 0 Å². The van der Waals surface area contributed by atoms with E-state index in [9.17, 15) is 0 Å². The van der Waals surface area contributed by atoms with Gasteiger partial charge in [-0.2, -0.15) is 0 Å². The summed E-state index contributed by atoms with van der Waals surface area (Å²) in [4.78, 5) is 0. The summed E-state index contributed by atoms with van der Waals surface area (Å²) in [7, 11) is 2.61. The molecule has 1 aliphatic rings. The molecule has 1 saturated carbocycles. The summed E-state index contributed by atoms with van der Waals surface area (Å²) in [5.41, 5.74) is 0.750. The molecule has 3 heteroatoms. The third-order valence-electron chi connectivity index (χ3n) is 2.65. The molecule has 1 aliphatic carbocycles. The molecule has 2 unspecified atom stereocenters. The van der Waals surface area contributed by atoms with Gasteiger partial charge in [-0.1, -0.05) is 19.8 Å². The van der Waals surface area contributed by atoms with Crippen molar-refractivity contribution in [1.29, 1.82) is 0 Å². The fraction of sp³-hybridized carbons (Fsp3) is 1.00. The van der Waals surface area contributed by atoms with Gasteiger partial charge in [-0.25, -0.2) is 0 Å². The molecule has 0 spiro atoms. The average molecular weight is 173 g/mol. The number of rotatable bonds is 4. The lowest BCUT2D eigenvalue weighted by molar-refractivity contribution is 0.199. The molecule has 0 aromatic heterocycles. The van der Waals surface area contributed by atoms with Gasteiger partial charge in [0, 0.05) is 19.8 Å². The van der Waals surface area contributed by atoms with Crippen LogP contribution in [0.5, 0.6) is 0 Å². The summed E-state index contributed by atoms with van der Waals surface area (Å²) in [5.74, 6) is 0.879. The van der Waals surface area contributed by atoms with Crippen LogP contribution in [0.25, 0.3) is 0 Å². The van der Waals surface area contributed by atoms with E-state index in [2.05, 4.69) is 6.92 Å². The van der Waals surface area contributed by atoms with Crippen molar-refractivity contribution in [3.63, 3.8) is 0 Å². The molecule has 0 N–H and O–H groups in total. The Balaban J connectivity index is 2.33. The predicted molar refractivity (Wildman–Crippen MR) is 46.5 cm³/mol. The first-order valence-electron chi connectivity index (χ1n) is 4.28. The molecular weight excluding hydrogens is 156 g/mol. The van der Waals surface area contributed by atoms with Gasteiger partial charge in [0.1, 0.15) is 0 Å². The lowest BCUT2D eigenvalue weighted by Crippen LogP contribution is -2.37. The topological polar surface area (TPSA) is 18.5 Å². The van der Waals surface area contributed by atoms with Crippen molar-refractivity contribution in [2.75, 3.05) is 14.2 Å². The Morgan fingerprint density at radius 3 is 2.18 bits per heavy atom. The molecule has 0 heterocycles. The van der Waals surface area contributed by atoms with Gasteiger partial charge in [0.15, 0.2) is 0 Å². The van der Waals surface area contributed by atoms with Gasteiger partial charge < -0.3 is 8.85 Å². The minimum Gasteiger partial charge on any atom is -0.397 e. The van der Waals surface area contributed by atoms with E-state index in [0.29, 0.717) is 0 Å². The lowest BCUT2D eigenvalue weighted by atomic mass is 9.83. The molecule has 2 nitrogen and oxygen atoms in total. The van der Waals surface area contributed by atoms with Gasteiger partial charge >= 0.3 is 9.28 Å². The van der Waals surface area contributed by atoms with Crippen molar-refractivity contribution in [3.05, 3.63) is 0 Å². The van der Waals surface area contributed by atoms with E-state index in [1.165, 1.54) is 19.3 Å². The van der Waals surface area contributed by atoms with Crippen LogP contribution in [0.3, 0.4) is 0 Å². The monoisotopic (exact) mass is 173 g/mol. The second-order valence-electron chi connectivity index (χ2n) is 3.08. The molecule has 11 heavy (non-hydrogen) atoms. The number of hydrogen-bond acceptors (Lipinski definition) is 2. The second-order valence-corrected chi connectivity index (χ2v) is 5.28. The zero-order chi connectivity index (χ0) is 8.27. The van der Waals surface area contributed by atoms with Crippen molar-refractivity contribution < 1.29 is 8.85 Å². The van der Waals surface area contributed by atoms with Gasteiger partial charge in [0.25, 0.3) is 0 Å². The minimum absolute atomic E-state index is 0.750. The normalized spacial score (nSPS) is 30.5. The predicted octanol–water partition coefficient (Wildman–Crippen LogP) is 1.96. The van der Waals surface area contributed by atoms with Crippen molar-refractivity contribution in [2.24, 2.45) is 5.92 Å². The van der Waals surface area contributed by atoms with E-state index >= 15 is 0 Å². The summed E-state index contributed by atoms with van der Waals surface area (Å²) >= 11 is 0. The quantitative estimate of drug-likeness (QED) is 0.605. The van der Waals surface area contributed by atoms with Crippen molar-refractivity contribution >= 4 is 9.28 Å². The zero-order valence-electron chi connectivity index (χ0n) is 7.59. The van der Waals surface area contributed by atoms with Crippen molar-refractivity contribution in [2.45, 2.75) is 31.7 Å². The van der Waals surface area contributed by atoms with Gasteiger partial charge in [0.05, 0.1) is 0 Å². The van der Waals surface area contributed by atoms with Crippen LogP contribution in [0.2, 0.25) is 5.54 Å². The fourth-order valence-electron chi connectivity index (χ4n) is 1.75. The molecule has 0 aromatic rings. The van der Waals surface area contributed by atoms with Gasteiger partial charge in [0.2, 0.25) is 0 Å². The van der Waals surface area contributed by atoms with E-state index in [-0.39, 0.29) is 0 Å². The van der Waals surface area contributed by atoms with Crippen LogP contribution in [0.15, 0.2) is 0 Å². The highest BCUT2D eigenvalue weighted by atomic mass is 28.3. The van der Waals surface area contributed by atoms with Crippen molar-refractivity contribution in [3.8, 4) is 0 Å². The van der Waals surface area contributed by atoms with E-state index in [1.807, 2.05) is 0 Å². The summed E-state index contributed by atoms with van der Waals surface area (Å²) in [6.45, 7) is 2.25. The third-order valence-corrected chi connectivity index (χ3v) is 4.82. The average Bonchev–Trinajstić information content (AvgIpc) is 1.98. The third kappa shape index (κ3) is 1.83. The standard InChI is InChI=1S/C8H17O2Si/c1-4-7-5-6-8(7)11(9-2)10-3/h7-8H,4-6H2,1-3H3. The van der Waals surface area contributed by atoms with Crippen molar-refractivity contribution in [1.82, 2.24) is 0 Å². The Labute approximate surface area is 70.7 Å². The van der Waals surface area contributed by atoms with Crippen LogP contribution in [0, 0.1) is 5.92 Å². The van der Waals surface area contributed by atoms with Gasteiger partial charge in [-0.15, -0.1) is 0 Å². The Morgan fingerprint density at radius 1 is 1.27 bits per heavy atom. The molecule has 1 radical (unpaired) electrons. The maximum atomic E-state index is 5.32. The highest BCUT2D eigenvalue weighted by Gasteiger charge is 2.39. The van der Waals surface area contributed by atoms with Crippen LogP contribution >= 0.6 is 0 Å². The summed E-state index contributed by atoms with van der Waals surface area (Å²) in [6, 6.07) is 0. The van der Waals surface area contributed by atoms with Crippen LogP contribution in [-0.2, 0) is 8.85 Å². The van der Waals surface area contributed by atoms with Crippen LogP contribution in [0.4, 0.5) is 0 Å². The molecule has 2 atom stereocenters. The number of hydrogen-bond donors (Lipinski definition) is 0. The largest absolute Gasteiger partial charge is 0.397 e. The highest BCUT2D eigenvalue weighted by Crippen LogP contribution is 2.43. The first-order chi connectivity index (χ1) is 5.33. The smallest absolute Gasteiger partial charge is 0.387 e. The fourth-order valence-corrected chi connectivity index (χ4v) is 3.72. The van der Waals surface area contributed by atoms with Crippen LogP contribution in [0.1, 0.15) is 26.2 Å². The Kier molecular flexibility index (Phi) is 3.55. The van der Waals surface area contributed by atoms with E-state index < -0.39 is 9.28 Å². The maximum absolute atomic E-state index is 5.32. The molecule has 0 aliphatic heterocycles. The first-order valence-corrected chi connectivity index (χ1v) is 5.67. The molecule has 65 valence electrons. The first kappa shape index (κ1) is 9.23. The molecular formula is C8H17O2Si. The molecule has 1 fully saturated rings.